The van der Waals surface area contributed by atoms with Gasteiger partial charge in [0, 0.05) is 37.6 Å². The number of carbonyl (C=O) groups excluding carboxylic acids is 2. The molecule has 1 amide bonds. The van der Waals surface area contributed by atoms with Crippen molar-refractivity contribution in [2.24, 2.45) is 0 Å². The normalized spacial score (nSPS) is 18.9. The molecule has 1 saturated heterocycles. The van der Waals surface area contributed by atoms with E-state index in [4.69, 9.17) is 21.3 Å². The van der Waals surface area contributed by atoms with Crippen molar-refractivity contribution in [3.63, 3.8) is 0 Å². The molecular formula is C22H25ClN4O3. The third-order valence-corrected chi connectivity index (χ3v) is 5.99. The first-order valence-electron chi connectivity index (χ1n) is 10.3. The van der Waals surface area contributed by atoms with E-state index in [-0.39, 0.29) is 17.8 Å². The van der Waals surface area contributed by atoms with Crippen LogP contribution in [0.4, 0.5) is 10.7 Å². The van der Waals surface area contributed by atoms with Gasteiger partial charge in [0.25, 0.3) is 0 Å². The van der Waals surface area contributed by atoms with Crippen LogP contribution in [0.25, 0.3) is 0 Å². The second-order valence-electron chi connectivity index (χ2n) is 7.68. The van der Waals surface area contributed by atoms with Crippen LogP contribution in [-0.2, 0) is 11.2 Å². The van der Waals surface area contributed by atoms with E-state index >= 15 is 0 Å². The minimum atomic E-state index is -0.281. The molecule has 0 spiro atoms. The second kappa shape index (κ2) is 8.60. The molecule has 2 aromatic rings. The van der Waals surface area contributed by atoms with Crippen molar-refractivity contribution >= 4 is 29.4 Å². The number of hydrogen-bond donors (Lipinski definition) is 0. The van der Waals surface area contributed by atoms with Crippen LogP contribution >= 0.6 is 11.6 Å². The molecule has 0 unspecified atom stereocenters. The number of amides is 1. The lowest BCUT2D eigenvalue weighted by Gasteiger charge is -2.34. The number of ether oxygens (including phenoxy) is 1. The summed E-state index contributed by atoms with van der Waals surface area (Å²) in [6.07, 6.45) is 0.870. The molecule has 0 bridgehead atoms. The first kappa shape index (κ1) is 20.6. The summed E-state index contributed by atoms with van der Waals surface area (Å²) in [5, 5.41) is 0.684. The number of aryl methyl sites for hydroxylation is 1. The summed E-state index contributed by atoms with van der Waals surface area (Å²) >= 11 is 6.01. The van der Waals surface area contributed by atoms with E-state index in [1.165, 1.54) is 0 Å². The highest BCUT2D eigenvalue weighted by Crippen LogP contribution is 2.34. The molecule has 7 nitrogen and oxygen atoms in total. The number of aromatic nitrogens is 2. The third kappa shape index (κ3) is 4.12. The van der Waals surface area contributed by atoms with E-state index in [0.717, 1.165) is 17.0 Å². The van der Waals surface area contributed by atoms with Crippen molar-refractivity contribution in [3.8, 4) is 0 Å². The number of ketones is 1. The summed E-state index contributed by atoms with van der Waals surface area (Å²) in [6, 6.07) is 7.68. The maximum Gasteiger partial charge on any atom is 0.409 e. The molecule has 1 aromatic carbocycles. The average molecular weight is 429 g/mol. The van der Waals surface area contributed by atoms with Crippen LogP contribution in [0.15, 0.2) is 24.3 Å². The summed E-state index contributed by atoms with van der Waals surface area (Å²) in [6.45, 7) is 6.43. The topological polar surface area (TPSA) is 75.6 Å². The molecule has 1 aliphatic heterocycles. The Hall–Kier alpha value is -2.67. The van der Waals surface area contributed by atoms with Gasteiger partial charge >= 0.3 is 6.09 Å². The minimum absolute atomic E-state index is 0.0880. The van der Waals surface area contributed by atoms with Crippen molar-refractivity contribution in [2.45, 2.75) is 32.6 Å². The number of carbonyl (C=O) groups is 2. The summed E-state index contributed by atoms with van der Waals surface area (Å²) in [5.74, 6) is 0.803. The zero-order valence-corrected chi connectivity index (χ0v) is 18.0. The predicted molar refractivity (Wildman–Crippen MR) is 114 cm³/mol. The number of anilines is 1. The van der Waals surface area contributed by atoms with E-state index in [9.17, 15) is 9.59 Å². The molecule has 0 N–H and O–H groups in total. The van der Waals surface area contributed by atoms with E-state index in [0.29, 0.717) is 62.2 Å². The first-order chi connectivity index (χ1) is 14.5. The lowest BCUT2D eigenvalue weighted by atomic mass is 9.81. The number of benzene rings is 1. The van der Waals surface area contributed by atoms with Gasteiger partial charge in [-0.3, -0.25) is 4.79 Å². The Morgan fingerprint density at radius 1 is 1.13 bits per heavy atom. The summed E-state index contributed by atoms with van der Waals surface area (Å²) in [4.78, 5) is 37.9. The van der Waals surface area contributed by atoms with Crippen molar-refractivity contribution < 1.29 is 14.3 Å². The fourth-order valence-corrected chi connectivity index (χ4v) is 4.30. The molecule has 8 heteroatoms. The van der Waals surface area contributed by atoms with Crippen molar-refractivity contribution in [1.29, 1.82) is 0 Å². The fourth-order valence-electron chi connectivity index (χ4n) is 4.17. The molecule has 1 atom stereocenters. The number of fused-ring (bicyclic) bond motifs is 1. The molecule has 1 fully saturated rings. The fraction of sp³-hybridized carbons (Fsp3) is 0.455. The highest BCUT2D eigenvalue weighted by molar-refractivity contribution is 6.30. The first-order valence-corrected chi connectivity index (χ1v) is 10.7. The van der Waals surface area contributed by atoms with Crippen molar-refractivity contribution in [2.75, 3.05) is 37.7 Å². The third-order valence-electron chi connectivity index (χ3n) is 5.73. The second-order valence-corrected chi connectivity index (χ2v) is 8.12. The van der Waals surface area contributed by atoms with Gasteiger partial charge in [0.1, 0.15) is 0 Å². The van der Waals surface area contributed by atoms with Crippen molar-refractivity contribution in [3.05, 3.63) is 51.8 Å². The zero-order valence-electron chi connectivity index (χ0n) is 17.2. The average Bonchev–Trinajstić information content (AvgIpc) is 2.74. The van der Waals surface area contributed by atoms with Crippen LogP contribution in [-0.4, -0.2) is 59.5 Å². The smallest absolute Gasteiger partial charge is 0.409 e. The Labute approximate surface area is 181 Å². The standard InChI is InChI=1S/C22H25ClN4O3/c1-3-30-22(29)27-10-8-26(9-11-27)21-24-14(2)20-18(25-21)12-16(13-19(20)28)15-4-6-17(23)7-5-15/h4-7,16H,3,8-13H2,1-2H3/t16-/m0/s1. The van der Waals surface area contributed by atoms with E-state index in [1.807, 2.05) is 31.2 Å². The number of rotatable bonds is 3. The van der Waals surface area contributed by atoms with Gasteiger partial charge in [-0.05, 0) is 43.9 Å². The predicted octanol–water partition coefficient (Wildman–Crippen LogP) is 3.63. The van der Waals surface area contributed by atoms with Gasteiger partial charge in [0.05, 0.1) is 23.6 Å². The Morgan fingerprint density at radius 3 is 2.50 bits per heavy atom. The van der Waals surface area contributed by atoms with Crippen LogP contribution in [0.3, 0.4) is 0 Å². The van der Waals surface area contributed by atoms with Gasteiger partial charge in [-0.1, -0.05) is 23.7 Å². The van der Waals surface area contributed by atoms with E-state index < -0.39 is 0 Å². The van der Waals surface area contributed by atoms with Gasteiger partial charge in [-0.2, -0.15) is 0 Å². The van der Waals surface area contributed by atoms with Crippen molar-refractivity contribution in [1.82, 2.24) is 14.9 Å². The molecule has 2 aliphatic rings. The van der Waals surface area contributed by atoms with Gasteiger partial charge in [-0.25, -0.2) is 14.8 Å². The molecule has 1 aliphatic carbocycles. The number of piperazine rings is 1. The van der Waals surface area contributed by atoms with Gasteiger partial charge in [0.2, 0.25) is 5.95 Å². The van der Waals surface area contributed by atoms with Gasteiger partial charge < -0.3 is 14.5 Å². The molecule has 2 heterocycles. The van der Waals surface area contributed by atoms with Gasteiger partial charge in [0.15, 0.2) is 5.78 Å². The Kier molecular flexibility index (Phi) is 5.90. The highest BCUT2D eigenvalue weighted by Gasteiger charge is 2.31. The number of hydrogen-bond acceptors (Lipinski definition) is 6. The maximum absolute atomic E-state index is 12.8. The molecular weight excluding hydrogens is 404 g/mol. The van der Waals surface area contributed by atoms with E-state index in [2.05, 4.69) is 9.88 Å². The lowest BCUT2D eigenvalue weighted by Crippen LogP contribution is -2.49. The number of Topliss-reactive ketones (excluding diaryl/α,β-unsaturated/α-hetero) is 1. The molecule has 30 heavy (non-hydrogen) atoms. The summed E-state index contributed by atoms with van der Waals surface area (Å²) in [5.41, 5.74) is 3.29. The van der Waals surface area contributed by atoms with Crippen LogP contribution in [0, 0.1) is 6.92 Å². The quantitative estimate of drug-likeness (QED) is 0.743. The molecule has 0 saturated carbocycles. The highest BCUT2D eigenvalue weighted by atomic mass is 35.5. The van der Waals surface area contributed by atoms with Crippen LogP contribution < -0.4 is 4.90 Å². The molecule has 4 rings (SSSR count). The molecule has 158 valence electrons. The lowest BCUT2D eigenvalue weighted by molar-refractivity contribution is 0.0960. The monoisotopic (exact) mass is 428 g/mol. The number of halogens is 1. The number of nitrogens with zero attached hydrogens (tertiary/aromatic N) is 4. The van der Waals surface area contributed by atoms with Crippen LogP contribution in [0.1, 0.15) is 46.6 Å². The molecule has 1 aromatic heterocycles. The largest absolute Gasteiger partial charge is 0.450 e. The SMILES string of the molecule is CCOC(=O)N1CCN(c2nc(C)c3c(n2)C[C@H](c2ccc(Cl)cc2)CC3=O)CC1. The Bertz CT molecular complexity index is 956. The van der Waals surface area contributed by atoms with Gasteiger partial charge in [-0.15, -0.1) is 0 Å². The Balaban J connectivity index is 1.54. The van der Waals surface area contributed by atoms with Crippen LogP contribution in [0.5, 0.6) is 0 Å². The summed E-state index contributed by atoms with van der Waals surface area (Å²) < 4.78 is 5.08. The molecule has 0 radical (unpaired) electrons. The minimum Gasteiger partial charge on any atom is -0.450 e. The summed E-state index contributed by atoms with van der Waals surface area (Å²) in [7, 11) is 0. The van der Waals surface area contributed by atoms with E-state index in [1.54, 1.807) is 11.8 Å². The Morgan fingerprint density at radius 2 is 1.83 bits per heavy atom. The maximum atomic E-state index is 12.8. The van der Waals surface area contributed by atoms with Crippen LogP contribution in [0.2, 0.25) is 5.02 Å². The zero-order chi connectivity index (χ0) is 21.3.